The molecule has 14 heteroatoms. The number of amides is 2. The highest BCUT2D eigenvalue weighted by Crippen LogP contribution is 2.43. The maximum Gasteiger partial charge on any atom is 0.296 e. The number of carbonyl (C=O) groups is 2. The number of methoxy groups -OCH3 is 1. The van der Waals surface area contributed by atoms with E-state index in [1.807, 2.05) is 0 Å². The van der Waals surface area contributed by atoms with Crippen LogP contribution in [0.25, 0.3) is 0 Å². The molecule has 3 aliphatic heterocycles. The van der Waals surface area contributed by atoms with Crippen molar-refractivity contribution in [1.29, 1.82) is 0 Å². The maximum atomic E-state index is 13.6. The number of sulfonamides is 1. The molecule has 2 atom stereocenters. The summed E-state index contributed by atoms with van der Waals surface area (Å²) >= 11 is 0. The van der Waals surface area contributed by atoms with E-state index in [1.165, 1.54) is 35.9 Å². The summed E-state index contributed by atoms with van der Waals surface area (Å²) in [5.41, 5.74) is -1.81. The van der Waals surface area contributed by atoms with Gasteiger partial charge in [-0.3, -0.25) is 19.0 Å². The number of hydrogen-bond acceptors (Lipinski definition) is 8. The molecule has 4 heterocycles. The average Bonchev–Trinajstić information content (AvgIpc) is 3.25. The van der Waals surface area contributed by atoms with Crippen molar-refractivity contribution in [2.24, 2.45) is 5.92 Å². The molecule has 216 valence electrons. The van der Waals surface area contributed by atoms with Crippen LogP contribution in [0.1, 0.15) is 54.0 Å². The minimum absolute atomic E-state index is 0.00623. The Morgan fingerprint density at radius 3 is 2.50 bits per heavy atom. The summed E-state index contributed by atoms with van der Waals surface area (Å²) in [5.74, 6) is -2.30. The van der Waals surface area contributed by atoms with Gasteiger partial charge in [-0.15, -0.1) is 0 Å². The van der Waals surface area contributed by atoms with Crippen molar-refractivity contribution in [3.05, 3.63) is 57.5 Å². The lowest BCUT2D eigenvalue weighted by molar-refractivity contribution is -0.127. The zero-order valence-electron chi connectivity index (χ0n) is 22.2. The second-order valence-electron chi connectivity index (χ2n) is 10.8. The Morgan fingerprint density at radius 1 is 1.20 bits per heavy atom. The molecule has 0 unspecified atom stereocenters. The number of hydrogen-bond donors (Lipinski definition) is 3. The van der Waals surface area contributed by atoms with Crippen LogP contribution in [0.4, 0.5) is 4.39 Å². The molecule has 1 aliphatic carbocycles. The Kier molecular flexibility index (Phi) is 7.44. The number of rotatable bonds is 7. The average molecular weight is 578 g/mol. The Balaban J connectivity index is 1.48. The highest BCUT2D eigenvalue weighted by atomic mass is 32.2. The van der Waals surface area contributed by atoms with Gasteiger partial charge in [-0.2, -0.15) is 4.31 Å². The van der Waals surface area contributed by atoms with Crippen molar-refractivity contribution in [1.82, 2.24) is 24.5 Å². The SMILES string of the molecule is CO[C@@H]1C[C@@H](C(=O)NC23CCC(CC2)Cn2c3nc(C(=O)NCc3ccc(F)cc3)c(O)c2=O)N(S(C)(=O)=O)C1. The third kappa shape index (κ3) is 5.22. The molecule has 0 radical (unpaired) electrons. The second-order valence-corrected chi connectivity index (χ2v) is 12.7. The third-order valence-electron chi connectivity index (χ3n) is 8.20. The number of halogens is 1. The first kappa shape index (κ1) is 28.2. The molecule has 2 aromatic rings. The van der Waals surface area contributed by atoms with Crippen LogP contribution in [0.2, 0.25) is 0 Å². The molecule has 1 saturated heterocycles. The molecule has 12 nitrogen and oxygen atoms in total. The lowest BCUT2D eigenvalue weighted by Crippen LogP contribution is -2.55. The zero-order chi connectivity index (χ0) is 28.8. The summed E-state index contributed by atoms with van der Waals surface area (Å²) in [6.07, 6.45) is 2.94. The van der Waals surface area contributed by atoms with Gasteiger partial charge in [0, 0.05) is 33.2 Å². The first-order chi connectivity index (χ1) is 18.9. The van der Waals surface area contributed by atoms with Gasteiger partial charge in [0.15, 0.2) is 5.69 Å². The lowest BCUT2D eigenvalue weighted by Gasteiger charge is -2.38. The predicted octanol–water partition coefficient (Wildman–Crippen LogP) is 0.582. The number of aromatic nitrogens is 2. The van der Waals surface area contributed by atoms with Gasteiger partial charge in [0.2, 0.25) is 21.7 Å². The van der Waals surface area contributed by atoms with Gasteiger partial charge in [0.05, 0.1) is 17.9 Å². The molecule has 3 N–H and O–H groups in total. The summed E-state index contributed by atoms with van der Waals surface area (Å²) in [4.78, 5) is 44.5. The second kappa shape index (κ2) is 10.6. The topological polar surface area (TPSA) is 160 Å². The summed E-state index contributed by atoms with van der Waals surface area (Å²) in [5, 5.41) is 16.3. The number of carbonyl (C=O) groups excluding carboxylic acids is 2. The van der Waals surface area contributed by atoms with Gasteiger partial charge in [-0.1, -0.05) is 12.1 Å². The predicted molar refractivity (Wildman–Crippen MR) is 140 cm³/mol. The molecule has 6 rings (SSSR count). The monoisotopic (exact) mass is 577 g/mol. The molecular weight excluding hydrogens is 545 g/mol. The summed E-state index contributed by atoms with van der Waals surface area (Å²) < 4.78 is 45.9. The molecule has 0 spiro atoms. The van der Waals surface area contributed by atoms with E-state index in [0.29, 0.717) is 31.2 Å². The van der Waals surface area contributed by atoms with E-state index in [4.69, 9.17) is 4.74 Å². The van der Waals surface area contributed by atoms with Crippen LogP contribution in [0.15, 0.2) is 29.1 Å². The third-order valence-corrected chi connectivity index (χ3v) is 9.45. The van der Waals surface area contributed by atoms with Crippen LogP contribution < -0.4 is 16.2 Å². The van der Waals surface area contributed by atoms with Crippen molar-refractivity contribution < 1.29 is 32.2 Å². The number of nitrogens with one attached hydrogen (secondary N) is 2. The van der Waals surface area contributed by atoms with Crippen molar-refractivity contribution in [2.75, 3.05) is 19.9 Å². The minimum Gasteiger partial charge on any atom is -0.501 e. The fraction of sp³-hybridized carbons (Fsp3) is 0.538. The van der Waals surface area contributed by atoms with Crippen molar-refractivity contribution in [3.8, 4) is 5.75 Å². The largest absolute Gasteiger partial charge is 0.501 e. The summed E-state index contributed by atoms with van der Waals surface area (Å²) in [7, 11) is -2.26. The highest BCUT2D eigenvalue weighted by molar-refractivity contribution is 7.88. The van der Waals surface area contributed by atoms with Gasteiger partial charge < -0.3 is 20.5 Å². The van der Waals surface area contributed by atoms with Gasteiger partial charge in [-0.05, 0) is 49.3 Å². The number of benzene rings is 1. The van der Waals surface area contributed by atoms with E-state index in [0.717, 1.165) is 10.6 Å². The number of aromatic hydroxyl groups is 1. The fourth-order valence-corrected chi connectivity index (χ4v) is 7.07. The summed E-state index contributed by atoms with van der Waals surface area (Å²) in [6, 6.07) is 4.48. The molecule has 1 aromatic heterocycles. The zero-order valence-corrected chi connectivity index (χ0v) is 23.0. The minimum atomic E-state index is -3.71. The molecule has 1 aromatic carbocycles. The van der Waals surface area contributed by atoms with Gasteiger partial charge in [0.1, 0.15) is 17.7 Å². The highest BCUT2D eigenvalue weighted by Gasteiger charge is 2.49. The summed E-state index contributed by atoms with van der Waals surface area (Å²) in [6.45, 7) is 0.323. The normalized spacial score (nSPS) is 26.2. The van der Waals surface area contributed by atoms with E-state index < -0.39 is 62.3 Å². The number of ether oxygens (including phenoxy) is 1. The first-order valence-corrected chi connectivity index (χ1v) is 15.0. The quantitative estimate of drug-likeness (QED) is 0.431. The van der Waals surface area contributed by atoms with Crippen LogP contribution in [0, 0.1) is 11.7 Å². The van der Waals surface area contributed by atoms with E-state index in [2.05, 4.69) is 15.6 Å². The molecule has 2 bridgehead atoms. The van der Waals surface area contributed by atoms with E-state index in [9.17, 15) is 32.3 Å². The van der Waals surface area contributed by atoms with E-state index >= 15 is 0 Å². The van der Waals surface area contributed by atoms with Crippen LogP contribution >= 0.6 is 0 Å². The maximum absolute atomic E-state index is 13.6. The standard InChI is InChI=1S/C26H32FN5O7S/c1-39-18-11-19(32(14-18)40(2,37)38)22(34)30-26-9-7-16(8-10-26)13-31-24(36)21(33)20(29-25(26)31)23(35)28-12-15-3-5-17(27)6-4-15/h3-6,16,18-19,33H,7-14H2,1-2H3,(H,28,35)(H,30,34)/t16?,18-,19+,26?/m1/s1. The van der Waals surface area contributed by atoms with Gasteiger partial charge >= 0.3 is 0 Å². The van der Waals surface area contributed by atoms with E-state index in [-0.39, 0.29) is 37.8 Å². The van der Waals surface area contributed by atoms with Crippen LogP contribution in [0.3, 0.4) is 0 Å². The molecule has 2 fully saturated rings. The molecule has 4 aliphatic rings. The molecule has 2 amide bonds. The Bertz CT molecular complexity index is 1490. The van der Waals surface area contributed by atoms with E-state index in [1.54, 1.807) is 0 Å². The Labute approximate surface area is 230 Å². The molecule has 1 saturated carbocycles. The van der Waals surface area contributed by atoms with Crippen LogP contribution in [-0.4, -0.2) is 71.3 Å². The lowest BCUT2D eigenvalue weighted by atomic mass is 9.77. The molecule has 40 heavy (non-hydrogen) atoms. The number of fused-ring (bicyclic) bond motifs is 2. The smallest absolute Gasteiger partial charge is 0.296 e. The Hall–Kier alpha value is -3.36. The van der Waals surface area contributed by atoms with Crippen molar-refractivity contribution in [3.63, 3.8) is 0 Å². The van der Waals surface area contributed by atoms with Gasteiger partial charge in [-0.25, -0.2) is 17.8 Å². The van der Waals surface area contributed by atoms with Crippen molar-refractivity contribution in [2.45, 2.75) is 62.9 Å². The molecular formula is C26H32FN5O7S. The fourth-order valence-electron chi connectivity index (χ4n) is 5.98. The number of nitrogens with zero attached hydrogens (tertiary/aromatic N) is 3. The van der Waals surface area contributed by atoms with Gasteiger partial charge in [0.25, 0.3) is 11.5 Å². The van der Waals surface area contributed by atoms with Crippen LogP contribution in [-0.2, 0) is 38.2 Å². The van der Waals surface area contributed by atoms with Crippen LogP contribution in [0.5, 0.6) is 5.75 Å². The van der Waals surface area contributed by atoms with Crippen molar-refractivity contribution >= 4 is 21.8 Å². The first-order valence-electron chi connectivity index (χ1n) is 13.1. The Morgan fingerprint density at radius 2 is 1.88 bits per heavy atom.